The minimum atomic E-state index is -2.89. The van der Waals surface area contributed by atoms with E-state index in [2.05, 4.69) is 27.4 Å². The lowest BCUT2D eigenvalue weighted by Gasteiger charge is -2.33. The molecule has 2 aliphatic heterocycles. The second-order valence-corrected chi connectivity index (χ2v) is 10.6. The Labute approximate surface area is 177 Å². The van der Waals surface area contributed by atoms with Crippen molar-refractivity contribution in [2.45, 2.75) is 38.6 Å². The Hall–Kier alpha value is -0.900. The molecule has 0 aliphatic carbocycles. The molecule has 2 rings (SSSR count). The van der Waals surface area contributed by atoms with E-state index in [1.54, 1.807) is 7.11 Å². The Morgan fingerprint density at radius 3 is 2.28 bits per heavy atom. The number of rotatable bonds is 10. The molecule has 0 aromatic rings. The lowest BCUT2D eigenvalue weighted by Crippen LogP contribution is -2.49. The maximum Gasteiger partial charge on any atom is 0.191 e. The molecule has 9 heteroatoms. The fourth-order valence-electron chi connectivity index (χ4n) is 3.94. The van der Waals surface area contributed by atoms with Gasteiger partial charge in [-0.3, -0.25) is 4.99 Å². The standard InChI is InChI=1S/C20H41N5O3S/c1-4-21-20(22-17-18-5-9-24(10-6-18)13-15-28-2)23-19-7-11-25(12-8-19)14-16-29(3,26)27/h18-19H,4-17H2,1-3H3,(H2,21,22,23). The van der Waals surface area contributed by atoms with Gasteiger partial charge in [0, 0.05) is 58.7 Å². The van der Waals surface area contributed by atoms with Crippen LogP contribution in [0.3, 0.4) is 0 Å². The molecule has 8 nitrogen and oxygen atoms in total. The quantitative estimate of drug-likeness (QED) is 0.383. The van der Waals surface area contributed by atoms with Crippen molar-refractivity contribution >= 4 is 15.8 Å². The predicted octanol–water partition coefficient (Wildman–Crippen LogP) is 0.409. The van der Waals surface area contributed by atoms with E-state index in [0.29, 0.717) is 18.5 Å². The predicted molar refractivity (Wildman–Crippen MR) is 119 cm³/mol. The van der Waals surface area contributed by atoms with Gasteiger partial charge in [-0.15, -0.1) is 0 Å². The number of hydrogen-bond acceptors (Lipinski definition) is 6. The van der Waals surface area contributed by atoms with Gasteiger partial charge in [0.1, 0.15) is 9.84 Å². The van der Waals surface area contributed by atoms with E-state index in [4.69, 9.17) is 9.73 Å². The first kappa shape index (κ1) is 24.4. The van der Waals surface area contributed by atoms with Gasteiger partial charge in [0.2, 0.25) is 0 Å². The van der Waals surface area contributed by atoms with Gasteiger partial charge in [0.15, 0.2) is 5.96 Å². The maximum absolute atomic E-state index is 11.4. The smallest absolute Gasteiger partial charge is 0.191 e. The third kappa shape index (κ3) is 10.1. The average Bonchev–Trinajstić information content (AvgIpc) is 2.70. The highest BCUT2D eigenvalue weighted by Crippen LogP contribution is 2.17. The molecule has 0 radical (unpaired) electrons. The zero-order chi connectivity index (χ0) is 21.1. The summed E-state index contributed by atoms with van der Waals surface area (Å²) < 4.78 is 27.9. The molecule has 0 aromatic heterocycles. The van der Waals surface area contributed by atoms with Gasteiger partial charge in [-0.25, -0.2) is 8.42 Å². The van der Waals surface area contributed by atoms with E-state index in [-0.39, 0.29) is 5.75 Å². The molecule has 2 heterocycles. The third-order valence-corrected chi connectivity index (χ3v) is 6.80. The number of guanidine groups is 1. The Kier molecular flexibility index (Phi) is 10.7. The van der Waals surface area contributed by atoms with Crippen LogP contribution in [0.5, 0.6) is 0 Å². The molecule has 0 aromatic carbocycles. The van der Waals surface area contributed by atoms with Gasteiger partial charge >= 0.3 is 0 Å². The van der Waals surface area contributed by atoms with Gasteiger partial charge in [0.05, 0.1) is 12.4 Å². The molecule has 2 N–H and O–H groups in total. The van der Waals surface area contributed by atoms with Crippen molar-refractivity contribution in [1.29, 1.82) is 0 Å². The number of nitrogens with zero attached hydrogens (tertiary/aromatic N) is 3. The highest BCUT2D eigenvalue weighted by Gasteiger charge is 2.22. The highest BCUT2D eigenvalue weighted by atomic mass is 32.2. The van der Waals surface area contributed by atoms with E-state index < -0.39 is 9.84 Å². The summed E-state index contributed by atoms with van der Waals surface area (Å²) in [5.74, 6) is 1.82. The molecule has 0 spiro atoms. The fourth-order valence-corrected chi connectivity index (χ4v) is 4.53. The number of piperidine rings is 2. The summed E-state index contributed by atoms with van der Waals surface area (Å²) in [6, 6.07) is 0.401. The van der Waals surface area contributed by atoms with E-state index >= 15 is 0 Å². The summed E-state index contributed by atoms with van der Waals surface area (Å²) in [4.78, 5) is 9.59. The number of aliphatic imine (C=N–C) groups is 1. The SMILES string of the molecule is CCNC(=NCC1CCN(CCOC)CC1)NC1CCN(CCS(C)(=O)=O)CC1. The van der Waals surface area contributed by atoms with E-state index in [1.807, 2.05) is 0 Å². The van der Waals surface area contributed by atoms with E-state index in [9.17, 15) is 8.42 Å². The van der Waals surface area contributed by atoms with Crippen LogP contribution in [0.4, 0.5) is 0 Å². The largest absolute Gasteiger partial charge is 0.383 e. The Balaban J connectivity index is 1.71. The number of sulfone groups is 1. The van der Waals surface area contributed by atoms with Crippen molar-refractivity contribution in [3.05, 3.63) is 0 Å². The van der Waals surface area contributed by atoms with Crippen molar-refractivity contribution in [2.75, 3.05) is 78.1 Å². The highest BCUT2D eigenvalue weighted by molar-refractivity contribution is 7.90. The molecule has 2 saturated heterocycles. The minimum Gasteiger partial charge on any atom is -0.383 e. The lowest BCUT2D eigenvalue weighted by atomic mass is 9.97. The van der Waals surface area contributed by atoms with Crippen LogP contribution in [0.2, 0.25) is 0 Å². The van der Waals surface area contributed by atoms with Crippen molar-refractivity contribution < 1.29 is 13.2 Å². The fraction of sp³-hybridized carbons (Fsp3) is 0.950. The molecule has 0 atom stereocenters. The van der Waals surface area contributed by atoms with Crippen LogP contribution < -0.4 is 10.6 Å². The minimum absolute atomic E-state index is 0.249. The summed E-state index contributed by atoms with van der Waals surface area (Å²) >= 11 is 0. The van der Waals surface area contributed by atoms with Crippen molar-refractivity contribution in [3.8, 4) is 0 Å². The van der Waals surface area contributed by atoms with Crippen LogP contribution in [0.25, 0.3) is 0 Å². The van der Waals surface area contributed by atoms with Gasteiger partial charge in [-0.2, -0.15) is 0 Å². The first-order valence-electron chi connectivity index (χ1n) is 11.1. The third-order valence-electron chi connectivity index (χ3n) is 5.88. The molecule has 0 amide bonds. The molecule has 2 aliphatic rings. The van der Waals surface area contributed by atoms with Gasteiger partial charge in [0.25, 0.3) is 0 Å². The summed E-state index contributed by atoms with van der Waals surface area (Å²) in [5.41, 5.74) is 0. The molecule has 0 bridgehead atoms. The maximum atomic E-state index is 11.4. The van der Waals surface area contributed by atoms with Crippen LogP contribution in [0.1, 0.15) is 32.6 Å². The van der Waals surface area contributed by atoms with Crippen LogP contribution in [-0.2, 0) is 14.6 Å². The summed E-state index contributed by atoms with van der Waals surface area (Å²) in [5, 5.41) is 6.97. The Morgan fingerprint density at radius 2 is 1.69 bits per heavy atom. The molecular formula is C20H41N5O3S. The molecule has 0 saturated carbocycles. The van der Waals surface area contributed by atoms with Gasteiger partial charge in [-0.1, -0.05) is 0 Å². The summed E-state index contributed by atoms with van der Waals surface area (Å²) in [6.07, 6.45) is 5.75. The van der Waals surface area contributed by atoms with E-state index in [0.717, 1.165) is 71.2 Å². The topological polar surface area (TPSA) is 86.3 Å². The summed E-state index contributed by atoms with van der Waals surface area (Å²) in [6.45, 7) is 10.5. The second kappa shape index (κ2) is 12.7. The molecule has 2 fully saturated rings. The number of hydrogen-bond donors (Lipinski definition) is 2. The number of likely N-dealkylation sites (tertiary alicyclic amines) is 2. The molecule has 0 unspecified atom stereocenters. The molecule has 170 valence electrons. The van der Waals surface area contributed by atoms with Crippen LogP contribution in [-0.4, -0.2) is 108 Å². The average molecular weight is 432 g/mol. The normalized spacial score (nSPS) is 21.4. The zero-order valence-corrected chi connectivity index (χ0v) is 19.3. The monoisotopic (exact) mass is 431 g/mol. The van der Waals surface area contributed by atoms with Crippen molar-refractivity contribution in [1.82, 2.24) is 20.4 Å². The Morgan fingerprint density at radius 1 is 1.07 bits per heavy atom. The molecular weight excluding hydrogens is 390 g/mol. The number of methoxy groups -OCH3 is 1. The first-order chi connectivity index (χ1) is 13.9. The van der Waals surface area contributed by atoms with Crippen molar-refractivity contribution in [3.63, 3.8) is 0 Å². The van der Waals surface area contributed by atoms with Crippen LogP contribution in [0.15, 0.2) is 4.99 Å². The second-order valence-electron chi connectivity index (χ2n) is 8.39. The Bertz CT molecular complexity index is 583. The summed E-state index contributed by atoms with van der Waals surface area (Å²) in [7, 11) is -1.13. The zero-order valence-electron chi connectivity index (χ0n) is 18.5. The van der Waals surface area contributed by atoms with Gasteiger partial charge in [-0.05, 0) is 51.6 Å². The molecule has 29 heavy (non-hydrogen) atoms. The number of ether oxygens (including phenoxy) is 1. The van der Waals surface area contributed by atoms with Gasteiger partial charge < -0.3 is 25.2 Å². The van der Waals surface area contributed by atoms with Crippen molar-refractivity contribution in [2.24, 2.45) is 10.9 Å². The lowest BCUT2D eigenvalue weighted by molar-refractivity contribution is 0.121. The number of nitrogens with one attached hydrogen (secondary N) is 2. The van der Waals surface area contributed by atoms with Crippen LogP contribution >= 0.6 is 0 Å². The van der Waals surface area contributed by atoms with Crippen LogP contribution in [0, 0.1) is 5.92 Å². The van der Waals surface area contributed by atoms with E-state index in [1.165, 1.54) is 19.1 Å². The first-order valence-corrected chi connectivity index (χ1v) is 13.1.